The molecule has 2 aromatic carbocycles. The topological polar surface area (TPSA) is 296 Å². The van der Waals surface area contributed by atoms with Gasteiger partial charge in [0.05, 0.1) is 5.39 Å². The Balaban J connectivity index is 0.000000349. The van der Waals surface area contributed by atoms with E-state index in [-0.39, 0.29) is 0 Å². The molecular formula is C43H50N6O13. The Labute approximate surface area is 356 Å². The van der Waals surface area contributed by atoms with E-state index in [1.807, 2.05) is 42.5 Å². The molecule has 330 valence electrons. The first kappa shape index (κ1) is 49.0. The van der Waals surface area contributed by atoms with E-state index >= 15 is 0 Å². The number of carbonyl (C=O) groups is 6. The van der Waals surface area contributed by atoms with Crippen LogP contribution < -0.4 is 10.5 Å². The third-order valence-electron chi connectivity index (χ3n) is 9.54. The molecule has 2 aliphatic rings. The van der Waals surface area contributed by atoms with Crippen molar-refractivity contribution in [1.29, 1.82) is 0 Å². The predicted molar refractivity (Wildman–Crippen MR) is 227 cm³/mol. The van der Waals surface area contributed by atoms with Crippen molar-refractivity contribution in [3.8, 4) is 22.6 Å². The molecule has 1 saturated carbocycles. The zero-order valence-corrected chi connectivity index (χ0v) is 34.1. The predicted octanol–water partition coefficient (Wildman–Crippen LogP) is 5.12. The number of hydrogen-bond acceptors (Lipinski definition) is 12. The van der Waals surface area contributed by atoms with Crippen LogP contribution in [0.1, 0.15) is 45.6 Å². The van der Waals surface area contributed by atoms with Gasteiger partial charge < -0.3 is 45.7 Å². The zero-order chi connectivity index (χ0) is 45.8. The maximum Gasteiger partial charge on any atom is 0.328 e. The lowest BCUT2D eigenvalue weighted by atomic mass is 9.89. The van der Waals surface area contributed by atoms with Crippen LogP contribution in [-0.4, -0.2) is 129 Å². The van der Waals surface area contributed by atoms with Crippen LogP contribution in [0.2, 0.25) is 0 Å². The second-order valence-electron chi connectivity index (χ2n) is 14.0. The van der Waals surface area contributed by atoms with E-state index in [0.717, 1.165) is 46.5 Å². The highest BCUT2D eigenvalue weighted by atomic mass is 16.5. The Morgan fingerprint density at radius 3 is 1.50 bits per heavy atom. The first-order chi connectivity index (χ1) is 29.4. The molecular weight excluding hydrogens is 809 g/mol. The van der Waals surface area contributed by atoms with Gasteiger partial charge in [0.25, 0.3) is 0 Å². The molecule has 19 nitrogen and oxygen atoms in total. The number of carboxylic acids is 6. The molecule has 2 fully saturated rings. The molecule has 0 radical (unpaired) electrons. The maximum atomic E-state index is 9.55. The lowest BCUT2D eigenvalue weighted by molar-refractivity contribution is -0.134. The summed E-state index contributed by atoms with van der Waals surface area (Å²) in [7, 11) is 0. The minimum atomic E-state index is -1.26. The van der Waals surface area contributed by atoms with Gasteiger partial charge in [-0.05, 0) is 69.4 Å². The van der Waals surface area contributed by atoms with Crippen LogP contribution in [0.15, 0.2) is 104 Å². The van der Waals surface area contributed by atoms with E-state index in [1.54, 1.807) is 6.33 Å². The van der Waals surface area contributed by atoms with Crippen molar-refractivity contribution in [3.05, 3.63) is 104 Å². The van der Waals surface area contributed by atoms with Crippen LogP contribution in [0, 0.1) is 0 Å². The van der Waals surface area contributed by atoms with Gasteiger partial charge in [-0.15, -0.1) is 0 Å². The lowest BCUT2D eigenvalue weighted by Crippen LogP contribution is -2.52. The first-order valence-corrected chi connectivity index (χ1v) is 19.3. The van der Waals surface area contributed by atoms with Gasteiger partial charge in [-0.25, -0.2) is 38.7 Å². The van der Waals surface area contributed by atoms with Crippen LogP contribution in [0.3, 0.4) is 0 Å². The molecule has 6 rings (SSSR count). The Kier molecular flexibility index (Phi) is 19.5. The van der Waals surface area contributed by atoms with Gasteiger partial charge >= 0.3 is 35.8 Å². The number of nitrogen functional groups attached to an aromatic ring is 1. The molecule has 1 aliphatic carbocycles. The van der Waals surface area contributed by atoms with Crippen molar-refractivity contribution in [3.63, 3.8) is 0 Å². The molecule has 4 aromatic rings. The summed E-state index contributed by atoms with van der Waals surface area (Å²) in [5.41, 5.74) is 9.53. The van der Waals surface area contributed by atoms with Gasteiger partial charge in [0, 0.05) is 92.5 Å². The number of aliphatic carboxylic acids is 6. The molecule has 8 N–H and O–H groups in total. The zero-order valence-electron chi connectivity index (χ0n) is 34.1. The molecule has 62 heavy (non-hydrogen) atoms. The third-order valence-corrected chi connectivity index (χ3v) is 9.54. The van der Waals surface area contributed by atoms with Crippen LogP contribution in [-0.2, 0) is 28.8 Å². The largest absolute Gasteiger partial charge is 0.478 e. The summed E-state index contributed by atoms with van der Waals surface area (Å²) in [6, 6.07) is 19.8. The summed E-state index contributed by atoms with van der Waals surface area (Å²) in [5.74, 6) is -5.38. The Bertz CT molecular complexity index is 2090. The quantitative estimate of drug-likeness (QED) is 0.0910. The molecule has 2 aromatic heterocycles. The van der Waals surface area contributed by atoms with Crippen molar-refractivity contribution in [1.82, 2.24) is 24.3 Å². The molecule has 0 amide bonds. The molecule has 1 saturated heterocycles. The first-order valence-electron chi connectivity index (χ1n) is 19.3. The highest BCUT2D eigenvalue weighted by Gasteiger charge is 2.30. The second-order valence-corrected chi connectivity index (χ2v) is 14.0. The number of anilines is 1. The maximum absolute atomic E-state index is 9.55. The minimum Gasteiger partial charge on any atom is -0.478 e. The number of rotatable bonds is 12. The van der Waals surface area contributed by atoms with Crippen LogP contribution >= 0.6 is 0 Å². The van der Waals surface area contributed by atoms with Crippen molar-refractivity contribution < 1.29 is 64.1 Å². The SMILES string of the molecule is CC(C)N1CCN([C@H]2CC[C@H](n3cc(-c4ccc(Oc5ccccc5)cc4)c4c(N)ncnc43)CC2)CC1.O=C(O)C=CC(=O)O.O=C(O)C=CC(=O)O.O=C(O)C=CC(=O)O. The molecule has 1 aliphatic heterocycles. The van der Waals surface area contributed by atoms with E-state index in [4.69, 9.17) is 46.1 Å². The number of benzene rings is 2. The third kappa shape index (κ3) is 16.7. The number of hydrogen-bond donors (Lipinski definition) is 7. The second kappa shape index (κ2) is 24.6. The number of ether oxygens (including phenoxy) is 1. The van der Waals surface area contributed by atoms with E-state index in [1.165, 1.54) is 39.0 Å². The van der Waals surface area contributed by atoms with Crippen LogP contribution in [0.5, 0.6) is 11.5 Å². The number of nitrogens with zero attached hydrogens (tertiary/aromatic N) is 5. The minimum absolute atomic E-state index is 0.425. The van der Waals surface area contributed by atoms with E-state index in [9.17, 15) is 28.8 Å². The van der Waals surface area contributed by atoms with Gasteiger partial charge in [0.2, 0.25) is 0 Å². The summed E-state index contributed by atoms with van der Waals surface area (Å²) >= 11 is 0. The Hall–Kier alpha value is -7.38. The number of piperazine rings is 1. The van der Waals surface area contributed by atoms with Crippen molar-refractivity contribution in [2.24, 2.45) is 0 Å². The Morgan fingerprint density at radius 1 is 0.629 bits per heavy atom. The summed E-state index contributed by atoms with van der Waals surface area (Å²) in [6.45, 7) is 9.37. The van der Waals surface area contributed by atoms with Gasteiger partial charge in [0.15, 0.2) is 0 Å². The number of para-hydroxylation sites is 1. The van der Waals surface area contributed by atoms with Gasteiger partial charge in [-0.1, -0.05) is 30.3 Å². The fourth-order valence-corrected chi connectivity index (χ4v) is 6.68. The number of fused-ring (bicyclic) bond motifs is 1. The van der Waals surface area contributed by atoms with Crippen LogP contribution in [0.4, 0.5) is 5.82 Å². The summed E-state index contributed by atoms with van der Waals surface area (Å²) in [6.07, 6.45) is 12.0. The van der Waals surface area contributed by atoms with Gasteiger partial charge in [0.1, 0.15) is 29.3 Å². The van der Waals surface area contributed by atoms with Gasteiger partial charge in [-0.3, -0.25) is 9.80 Å². The molecule has 0 bridgehead atoms. The summed E-state index contributed by atoms with van der Waals surface area (Å²) in [4.78, 5) is 71.7. The smallest absolute Gasteiger partial charge is 0.328 e. The average Bonchev–Trinajstić information content (AvgIpc) is 3.64. The fourth-order valence-electron chi connectivity index (χ4n) is 6.68. The van der Waals surface area contributed by atoms with Crippen molar-refractivity contribution in [2.75, 3.05) is 31.9 Å². The number of aromatic nitrogens is 3. The monoisotopic (exact) mass is 858 g/mol. The summed E-state index contributed by atoms with van der Waals surface area (Å²) < 4.78 is 8.36. The molecule has 0 spiro atoms. The molecule has 0 atom stereocenters. The number of nitrogens with two attached hydrogens (primary N) is 1. The van der Waals surface area contributed by atoms with E-state index in [2.05, 4.69) is 51.5 Å². The number of carboxylic acid groups (broad SMARTS) is 6. The lowest BCUT2D eigenvalue weighted by Gasteiger charge is -2.43. The summed E-state index contributed by atoms with van der Waals surface area (Å²) in [5, 5.41) is 47.8. The van der Waals surface area contributed by atoms with Crippen molar-refractivity contribution in [2.45, 2.75) is 57.7 Å². The van der Waals surface area contributed by atoms with Gasteiger partial charge in [-0.2, -0.15) is 0 Å². The standard InChI is InChI=1S/C31H38N6O.3C4H4O4/c1-22(2)35-16-18-36(19-17-35)24-10-12-25(13-11-24)37-20-28(29-30(32)33-21-34-31(29)37)23-8-14-27(15-9-23)38-26-6-4-3-5-7-26;3*5-3(6)1-2-4(7)8/h3-9,14-15,20-22,24-25H,10-13,16-19H2,1-2H3,(H2,32,33,34);3*1-2H,(H,5,6)(H,7,8)/t24-,25-;;;. The molecule has 0 unspecified atom stereocenters. The highest BCUT2D eigenvalue weighted by molar-refractivity contribution is 6.00. The molecule has 19 heteroatoms. The Morgan fingerprint density at radius 2 is 1.06 bits per heavy atom. The van der Waals surface area contributed by atoms with E-state index < -0.39 is 35.8 Å². The van der Waals surface area contributed by atoms with E-state index in [0.29, 0.717) is 60.4 Å². The fraction of sp³-hybridized carbons (Fsp3) is 0.302. The normalized spacial score (nSPS) is 16.7. The molecule has 3 heterocycles. The highest BCUT2D eigenvalue weighted by Crippen LogP contribution is 2.39. The van der Waals surface area contributed by atoms with Crippen molar-refractivity contribution >= 4 is 52.7 Å². The van der Waals surface area contributed by atoms with Crippen LogP contribution in [0.25, 0.3) is 22.2 Å². The average molecular weight is 859 g/mol.